The van der Waals surface area contributed by atoms with Gasteiger partial charge in [-0.3, -0.25) is 28.5 Å². The van der Waals surface area contributed by atoms with Crippen molar-refractivity contribution in [2.45, 2.75) is 248 Å². The molecule has 6 heterocycles. The lowest BCUT2D eigenvalue weighted by molar-refractivity contribution is -0.401. The van der Waals surface area contributed by atoms with E-state index in [-0.39, 0.29) is 0 Å². The van der Waals surface area contributed by atoms with Crippen LogP contribution in [0, 0.1) is 0 Å². The summed E-state index contributed by atoms with van der Waals surface area (Å²) in [5.41, 5.74) is 0. The van der Waals surface area contributed by atoms with Gasteiger partial charge in [0.05, 0.1) is 71.0 Å². The van der Waals surface area contributed by atoms with Crippen molar-refractivity contribution in [1.29, 1.82) is 0 Å². The lowest BCUT2D eigenvalue weighted by atomic mass is 9.88. The largest absolute Gasteiger partial charge is 0.477 e. The average Bonchev–Trinajstić information content (AvgIpc) is 0.748. The van der Waals surface area contributed by atoms with Gasteiger partial charge in [-0.2, -0.15) is 8.42 Å². The van der Waals surface area contributed by atoms with E-state index in [2.05, 4.69) is 30.8 Å². The van der Waals surface area contributed by atoms with E-state index in [0.29, 0.717) is 0 Å². The number of carbonyl (C=O) groups is 6. The SMILES string of the molecule is CC(=O)N[C@H]1[C@H](O[C@H]2[C@@H](O)[C@@H](CO)O[C@@H](O[C@@H]([C@@H](O)[C@H](O)CO[C@@H]3O[C@H](COS(=O)(=O)O)[C@@H](O)[C@H](O)[C@H]3NC(C)=O)[C@H](CO)NC(C)=O)[C@@H]2O)O[C@H](CO)[C@@H](O[C@@H]2O[C@H](CO)[C@H](O[C@@H]3O[C@H](CO)[C@H](O)[C@H](O)[C@H]3NC(C)=O)[C@H](O[C@]3(C(=O)O)C[C@H](O)[C@@H](NC(=O)CO)[C@H]([C@H](O)[C@H](O)CO)O3)[C@H]2O)[C@@H]1O. The first-order valence-electron chi connectivity index (χ1n) is 32.0. The second-order valence-electron chi connectivity index (χ2n) is 25.0. The molecule has 49 heteroatoms. The fraction of sp³-hybridized carbons (Fsp3) is 0.891. The highest BCUT2D eigenvalue weighted by molar-refractivity contribution is 7.80. The van der Waals surface area contributed by atoms with Crippen molar-refractivity contribution >= 4 is 45.9 Å². The van der Waals surface area contributed by atoms with Gasteiger partial charge in [0.1, 0.15) is 165 Å². The number of hydrogen-bond acceptors (Lipinski definition) is 41. The van der Waals surface area contributed by atoms with Crippen LogP contribution >= 0.6 is 0 Å². The van der Waals surface area contributed by atoms with E-state index in [4.69, 9.17) is 61.4 Å². The molecule has 0 aliphatic carbocycles. The monoisotopic (exact) mass is 1540 g/mol. The number of aliphatic hydroxyl groups is 20. The van der Waals surface area contributed by atoms with Crippen LogP contribution in [-0.2, 0) is 100 Å². The molecule has 6 rings (SSSR count). The molecule has 0 aromatic heterocycles. The first-order valence-corrected chi connectivity index (χ1v) is 33.3. The summed E-state index contributed by atoms with van der Waals surface area (Å²) in [6.07, 6.45) is -66.1. The minimum Gasteiger partial charge on any atom is -0.477 e. The van der Waals surface area contributed by atoms with E-state index in [0.717, 1.165) is 27.7 Å². The molecule has 48 nitrogen and oxygen atoms in total. The van der Waals surface area contributed by atoms with Gasteiger partial charge in [-0.1, -0.05) is 0 Å². The molecule has 6 aliphatic rings. The molecule has 0 radical (unpaired) electrons. The van der Waals surface area contributed by atoms with E-state index >= 15 is 0 Å². The topological polar surface area (TPSA) is 762 Å². The first kappa shape index (κ1) is 88.3. The second kappa shape index (κ2) is 38.7. The summed E-state index contributed by atoms with van der Waals surface area (Å²) in [7, 11) is -5.18. The highest BCUT2D eigenvalue weighted by Gasteiger charge is 2.63. The molecule has 0 spiro atoms. The average molecular weight is 1540 g/mol. The van der Waals surface area contributed by atoms with Crippen LogP contribution in [0.15, 0.2) is 0 Å². The van der Waals surface area contributed by atoms with Gasteiger partial charge in [-0.05, 0) is 0 Å². The Morgan fingerprint density at radius 1 is 0.510 bits per heavy atom. The summed E-state index contributed by atoms with van der Waals surface area (Å²) in [5.74, 6) is -10.8. The summed E-state index contributed by atoms with van der Waals surface area (Å²) in [4.78, 5) is 76.3. The molecular weight excluding hydrogens is 1450 g/mol. The minimum absolute atomic E-state index is 0.866. The number of carboxylic acids is 1. The molecule has 6 saturated heterocycles. The number of aliphatic hydroxyl groups excluding tert-OH is 20. The molecule has 0 unspecified atom stereocenters. The smallest absolute Gasteiger partial charge is 0.397 e. The van der Waals surface area contributed by atoms with E-state index in [9.17, 15) is 144 Å². The zero-order valence-electron chi connectivity index (χ0n) is 55.5. The quantitative estimate of drug-likeness (QED) is 0.0266. The fourth-order valence-corrected chi connectivity index (χ4v) is 12.7. The molecule has 602 valence electrons. The van der Waals surface area contributed by atoms with Gasteiger partial charge >= 0.3 is 16.4 Å². The normalized spacial score (nSPS) is 40.3. The Balaban J connectivity index is 1.33. The molecule has 35 atom stereocenters. The van der Waals surface area contributed by atoms with Crippen LogP contribution in [0.5, 0.6) is 0 Å². The van der Waals surface area contributed by atoms with Crippen molar-refractivity contribution in [3.63, 3.8) is 0 Å². The van der Waals surface area contributed by atoms with Gasteiger partial charge in [-0.15, -0.1) is 0 Å². The van der Waals surface area contributed by atoms with Crippen LogP contribution in [0.3, 0.4) is 0 Å². The summed E-state index contributed by atoms with van der Waals surface area (Å²) < 4.78 is 106. The van der Waals surface area contributed by atoms with Crippen LogP contribution in [-0.4, -0.2) is 429 Å². The molecule has 27 N–H and O–H groups in total. The Labute approximate surface area is 588 Å². The number of rotatable bonds is 34. The Bertz CT molecular complexity index is 2910. The van der Waals surface area contributed by atoms with Gasteiger partial charge in [0, 0.05) is 34.1 Å². The lowest BCUT2D eigenvalue weighted by Crippen LogP contribution is -2.72. The maximum absolute atomic E-state index is 13.7. The van der Waals surface area contributed by atoms with Crippen molar-refractivity contribution in [2.24, 2.45) is 0 Å². The predicted molar refractivity (Wildman–Crippen MR) is 321 cm³/mol. The first-order chi connectivity index (χ1) is 48.7. The van der Waals surface area contributed by atoms with E-state index in [1.807, 2.05) is 0 Å². The van der Waals surface area contributed by atoms with Crippen LogP contribution in [0.25, 0.3) is 0 Å². The molecule has 5 amide bonds. The fourth-order valence-electron chi connectivity index (χ4n) is 12.4. The third-order valence-corrected chi connectivity index (χ3v) is 17.9. The lowest BCUT2D eigenvalue weighted by Gasteiger charge is -2.52. The zero-order valence-corrected chi connectivity index (χ0v) is 56.3. The zero-order chi connectivity index (χ0) is 77.9. The number of hydrogen-bond donors (Lipinski definition) is 27. The minimum atomic E-state index is -5.18. The predicted octanol–water partition coefficient (Wildman–Crippen LogP) is -17.9. The number of nitrogens with one attached hydrogen (secondary N) is 5. The number of aliphatic carboxylic acids is 1. The van der Waals surface area contributed by atoms with Crippen molar-refractivity contribution in [2.75, 3.05) is 59.5 Å². The number of carbonyl (C=O) groups excluding carboxylic acids is 5. The van der Waals surface area contributed by atoms with E-state index in [1.165, 1.54) is 0 Å². The molecule has 6 fully saturated rings. The number of ether oxygens (including phenoxy) is 12. The summed E-state index contributed by atoms with van der Waals surface area (Å²) in [5, 5.41) is 243. The van der Waals surface area contributed by atoms with Crippen LogP contribution in [0.4, 0.5) is 0 Å². The molecular formula is C55H93N5O43S. The van der Waals surface area contributed by atoms with Crippen LogP contribution in [0.2, 0.25) is 0 Å². The Morgan fingerprint density at radius 3 is 1.49 bits per heavy atom. The third kappa shape index (κ3) is 21.5. The van der Waals surface area contributed by atoms with Crippen LogP contribution in [0.1, 0.15) is 34.1 Å². The van der Waals surface area contributed by atoms with Gasteiger partial charge in [0.15, 0.2) is 31.5 Å². The van der Waals surface area contributed by atoms with E-state index in [1.54, 1.807) is 0 Å². The summed E-state index contributed by atoms with van der Waals surface area (Å²) in [6.45, 7) is -7.33. The van der Waals surface area contributed by atoms with Gasteiger partial charge in [0.25, 0.3) is 5.79 Å². The third-order valence-electron chi connectivity index (χ3n) is 17.5. The standard InChI is InChI=1S/C55H93N5O43S/c1-15(68)56-19(6-61)43(34(77)22(74)13-91-49-30(57-16(2)69)38(81)36(79)27(97-49)14-92-104(88,89)90)98-52-41(84)47(37(80)24(9-64)94-52)101-51-32(59-18(4)71)40(83)44(25(10-65)95-51)99-53-42(85)48(45(26(11-66)96-53)100-50-31(58-17(3)70)39(82)35(78)23(8-63)93-50)103-55(54(86)87)5-20(72)29(60-28(75)12-67)46(102-55)33(76)21(73)7-62/h19-27,29-53,61-67,72-74,76-85H,5-14H2,1-4H3,(H,56,68)(H,57,69)(H,58,70)(H,59,71)(H,60,75)(H,86,87)(H,88,89,90)/t19-,20-,21+,22+,23+,24+,25+,26+,27+,29+,30+,31+,32+,33+,34-,35-,36+,37-,38+,39+,40+,41+,42+,43+,44+,45-,46+,47-,48+,49+,50-,51-,52-,53-,55-/m0/s1. The molecule has 0 aromatic carbocycles. The highest BCUT2D eigenvalue weighted by atomic mass is 32.3. The van der Waals surface area contributed by atoms with Crippen molar-refractivity contribution in [3.05, 3.63) is 0 Å². The Hall–Kier alpha value is -4.59. The second-order valence-corrected chi connectivity index (χ2v) is 26.1. The van der Waals surface area contributed by atoms with Gasteiger partial charge in [-0.25, -0.2) is 8.98 Å². The van der Waals surface area contributed by atoms with Gasteiger partial charge in [0.2, 0.25) is 29.5 Å². The van der Waals surface area contributed by atoms with Crippen molar-refractivity contribution in [3.8, 4) is 0 Å². The maximum Gasteiger partial charge on any atom is 0.397 e. The van der Waals surface area contributed by atoms with Crippen molar-refractivity contribution in [1.82, 2.24) is 26.6 Å². The summed E-state index contributed by atoms with van der Waals surface area (Å²) in [6, 6.07) is -9.50. The number of carboxylic acid groups (broad SMARTS) is 1. The molecule has 0 aromatic rings. The van der Waals surface area contributed by atoms with Crippen molar-refractivity contribution < 1.29 is 210 Å². The molecule has 6 aliphatic heterocycles. The van der Waals surface area contributed by atoms with Crippen LogP contribution < -0.4 is 26.6 Å². The van der Waals surface area contributed by atoms with E-state index < -0.39 is 326 Å². The Morgan fingerprint density at radius 2 is 0.981 bits per heavy atom. The Kier molecular flexibility index (Phi) is 32.8. The van der Waals surface area contributed by atoms with Gasteiger partial charge < -0.3 is 191 Å². The summed E-state index contributed by atoms with van der Waals surface area (Å²) >= 11 is 0. The highest BCUT2D eigenvalue weighted by Crippen LogP contribution is 2.41. The molecule has 104 heavy (non-hydrogen) atoms. The number of amides is 5. The molecule has 0 bridgehead atoms. The molecule has 0 saturated carbocycles. The maximum atomic E-state index is 13.7.